The number of nitrogens with zero attached hydrogens (tertiary/aromatic N) is 1. The summed E-state index contributed by atoms with van der Waals surface area (Å²) in [7, 11) is -1.46. The van der Waals surface area contributed by atoms with Crippen LogP contribution in [-0.2, 0) is 14.6 Å². The molecule has 2 unspecified atom stereocenters. The predicted molar refractivity (Wildman–Crippen MR) is 73.5 cm³/mol. The van der Waals surface area contributed by atoms with Crippen LogP contribution >= 0.6 is 11.8 Å². The molecule has 0 bridgehead atoms. The van der Waals surface area contributed by atoms with E-state index in [1.807, 2.05) is 11.8 Å². The lowest BCUT2D eigenvalue weighted by atomic mass is 10.1. The highest BCUT2D eigenvalue weighted by Gasteiger charge is 2.34. The third-order valence-corrected chi connectivity index (χ3v) is 6.43. The summed E-state index contributed by atoms with van der Waals surface area (Å²) >= 11 is 1.91. The highest BCUT2D eigenvalue weighted by Crippen LogP contribution is 2.24. The average molecular weight is 292 g/mol. The van der Waals surface area contributed by atoms with Crippen molar-refractivity contribution in [2.45, 2.75) is 12.5 Å². The number of sulfone groups is 1. The smallest absolute Gasteiger partial charge is 0.240 e. The number of likely N-dealkylation sites (N-methyl/N-ethyl adjacent to an activating group) is 1. The molecule has 2 aliphatic rings. The SMILES string of the molecule is CNC1CS(=O)(=O)CCN(CC2CCSC2)C1=O. The van der Waals surface area contributed by atoms with E-state index in [0.29, 0.717) is 19.0 Å². The second kappa shape index (κ2) is 5.79. The fraction of sp³-hybridized carbons (Fsp3) is 0.909. The van der Waals surface area contributed by atoms with Gasteiger partial charge in [-0.25, -0.2) is 8.42 Å². The Kier molecular flexibility index (Phi) is 4.55. The van der Waals surface area contributed by atoms with Gasteiger partial charge in [0.15, 0.2) is 9.84 Å². The van der Waals surface area contributed by atoms with Gasteiger partial charge in [-0.05, 0) is 30.9 Å². The van der Waals surface area contributed by atoms with Crippen LogP contribution < -0.4 is 5.32 Å². The first-order valence-electron chi connectivity index (χ1n) is 6.26. The largest absolute Gasteiger partial charge is 0.340 e. The van der Waals surface area contributed by atoms with E-state index in [1.54, 1.807) is 11.9 Å². The first kappa shape index (κ1) is 14.1. The molecule has 0 aromatic rings. The molecular weight excluding hydrogens is 272 g/mol. The van der Waals surface area contributed by atoms with Crippen LogP contribution in [0.2, 0.25) is 0 Å². The Morgan fingerprint density at radius 1 is 1.50 bits per heavy atom. The molecule has 2 heterocycles. The van der Waals surface area contributed by atoms with E-state index in [9.17, 15) is 13.2 Å². The lowest BCUT2D eigenvalue weighted by Gasteiger charge is -2.26. The van der Waals surface area contributed by atoms with Gasteiger partial charge in [-0.1, -0.05) is 0 Å². The zero-order valence-electron chi connectivity index (χ0n) is 10.6. The van der Waals surface area contributed by atoms with Crippen molar-refractivity contribution in [3.63, 3.8) is 0 Å². The van der Waals surface area contributed by atoms with Crippen LogP contribution in [0.3, 0.4) is 0 Å². The van der Waals surface area contributed by atoms with E-state index in [0.717, 1.165) is 17.9 Å². The molecule has 2 atom stereocenters. The molecule has 7 heteroatoms. The van der Waals surface area contributed by atoms with E-state index >= 15 is 0 Å². The molecule has 0 radical (unpaired) electrons. The first-order chi connectivity index (χ1) is 8.52. The lowest BCUT2D eigenvalue weighted by Crippen LogP contribution is -2.47. The summed E-state index contributed by atoms with van der Waals surface area (Å²) in [4.78, 5) is 14.0. The summed E-state index contributed by atoms with van der Waals surface area (Å²) in [6.07, 6.45) is 1.13. The van der Waals surface area contributed by atoms with Crippen molar-refractivity contribution < 1.29 is 13.2 Å². The normalized spacial score (nSPS) is 32.5. The Morgan fingerprint density at radius 3 is 2.89 bits per heavy atom. The van der Waals surface area contributed by atoms with Crippen molar-refractivity contribution in [3.8, 4) is 0 Å². The minimum Gasteiger partial charge on any atom is -0.340 e. The van der Waals surface area contributed by atoms with Gasteiger partial charge in [-0.3, -0.25) is 4.79 Å². The Balaban J connectivity index is 2.06. The van der Waals surface area contributed by atoms with Gasteiger partial charge in [0.25, 0.3) is 0 Å². The average Bonchev–Trinajstić information content (AvgIpc) is 2.79. The third kappa shape index (κ3) is 3.39. The van der Waals surface area contributed by atoms with E-state index < -0.39 is 15.9 Å². The van der Waals surface area contributed by atoms with Crippen molar-refractivity contribution in [2.24, 2.45) is 5.92 Å². The predicted octanol–water partition coefficient (Wildman–Crippen LogP) is -0.415. The molecule has 0 aromatic carbocycles. The number of carbonyl (C=O) groups is 1. The summed E-state index contributed by atoms with van der Waals surface area (Å²) < 4.78 is 23.5. The number of thioether (sulfide) groups is 1. The summed E-state index contributed by atoms with van der Waals surface area (Å²) in [6, 6.07) is -0.577. The minimum absolute atomic E-state index is 0.0597. The first-order valence-corrected chi connectivity index (χ1v) is 9.23. The summed E-state index contributed by atoms with van der Waals surface area (Å²) in [5.41, 5.74) is 0. The minimum atomic E-state index is -3.11. The highest BCUT2D eigenvalue weighted by molar-refractivity contribution is 7.99. The second-order valence-corrected chi connectivity index (χ2v) is 8.35. The topological polar surface area (TPSA) is 66.5 Å². The molecule has 2 aliphatic heterocycles. The number of amides is 1. The van der Waals surface area contributed by atoms with Crippen LogP contribution in [0.15, 0.2) is 0 Å². The van der Waals surface area contributed by atoms with E-state index in [-0.39, 0.29) is 17.4 Å². The molecule has 0 aromatic heterocycles. The van der Waals surface area contributed by atoms with Gasteiger partial charge in [-0.15, -0.1) is 0 Å². The van der Waals surface area contributed by atoms with Gasteiger partial charge in [0.1, 0.15) is 6.04 Å². The Bertz CT molecular complexity index is 405. The molecule has 1 amide bonds. The Morgan fingerprint density at radius 2 is 2.28 bits per heavy atom. The maximum Gasteiger partial charge on any atom is 0.240 e. The third-order valence-electron chi connectivity index (χ3n) is 3.55. The molecule has 2 rings (SSSR count). The maximum atomic E-state index is 12.2. The molecule has 104 valence electrons. The number of hydrogen-bond acceptors (Lipinski definition) is 5. The van der Waals surface area contributed by atoms with Gasteiger partial charge >= 0.3 is 0 Å². The van der Waals surface area contributed by atoms with Crippen molar-refractivity contribution in [3.05, 3.63) is 0 Å². The van der Waals surface area contributed by atoms with Crippen LogP contribution in [0.1, 0.15) is 6.42 Å². The number of rotatable bonds is 3. The van der Waals surface area contributed by atoms with Crippen molar-refractivity contribution in [1.82, 2.24) is 10.2 Å². The highest BCUT2D eigenvalue weighted by atomic mass is 32.2. The van der Waals surface area contributed by atoms with Gasteiger partial charge in [0.2, 0.25) is 5.91 Å². The van der Waals surface area contributed by atoms with Gasteiger partial charge in [0, 0.05) is 13.1 Å². The molecule has 2 saturated heterocycles. The van der Waals surface area contributed by atoms with Crippen molar-refractivity contribution in [2.75, 3.05) is 43.1 Å². The number of hydrogen-bond donors (Lipinski definition) is 1. The molecule has 1 N–H and O–H groups in total. The van der Waals surface area contributed by atoms with Crippen LogP contribution in [0, 0.1) is 5.92 Å². The molecular formula is C11H20N2O3S2. The fourth-order valence-electron chi connectivity index (χ4n) is 2.42. The lowest BCUT2D eigenvalue weighted by molar-refractivity contribution is -0.132. The zero-order valence-corrected chi connectivity index (χ0v) is 12.2. The molecule has 18 heavy (non-hydrogen) atoms. The summed E-state index contributed by atoms with van der Waals surface area (Å²) in [6.45, 7) is 1.06. The monoisotopic (exact) mass is 292 g/mol. The van der Waals surface area contributed by atoms with Gasteiger partial charge in [0.05, 0.1) is 11.5 Å². The quantitative estimate of drug-likeness (QED) is 0.766. The standard InChI is InChI=1S/C11H20N2O3S2/c1-12-10-8-18(15,16)5-3-13(11(10)14)6-9-2-4-17-7-9/h9-10,12H,2-8H2,1H3. The zero-order chi connectivity index (χ0) is 13.2. The molecule has 2 fully saturated rings. The van der Waals surface area contributed by atoms with E-state index in [2.05, 4.69) is 5.32 Å². The van der Waals surface area contributed by atoms with E-state index in [4.69, 9.17) is 0 Å². The molecule has 5 nitrogen and oxygen atoms in total. The number of carbonyl (C=O) groups excluding carboxylic acids is 1. The van der Waals surface area contributed by atoms with Crippen molar-refractivity contribution >= 4 is 27.5 Å². The summed E-state index contributed by atoms with van der Waals surface area (Å²) in [5, 5.41) is 2.83. The van der Waals surface area contributed by atoms with Crippen molar-refractivity contribution in [1.29, 1.82) is 0 Å². The molecule has 0 spiro atoms. The van der Waals surface area contributed by atoms with Crippen LogP contribution in [0.25, 0.3) is 0 Å². The number of nitrogens with one attached hydrogen (secondary N) is 1. The van der Waals surface area contributed by atoms with Crippen LogP contribution in [0.5, 0.6) is 0 Å². The maximum absolute atomic E-state index is 12.2. The molecule has 0 aliphatic carbocycles. The van der Waals surface area contributed by atoms with Crippen LogP contribution in [0.4, 0.5) is 0 Å². The van der Waals surface area contributed by atoms with E-state index in [1.165, 1.54) is 0 Å². The van der Waals surface area contributed by atoms with Gasteiger partial charge < -0.3 is 10.2 Å². The van der Waals surface area contributed by atoms with Gasteiger partial charge in [-0.2, -0.15) is 11.8 Å². The summed E-state index contributed by atoms with van der Waals surface area (Å²) in [5.74, 6) is 2.73. The fourth-order valence-corrected chi connectivity index (χ4v) is 5.17. The Hall–Kier alpha value is -0.270. The molecule has 0 saturated carbocycles. The second-order valence-electron chi connectivity index (χ2n) is 4.97. The van der Waals surface area contributed by atoms with Crippen LogP contribution in [-0.4, -0.2) is 68.4 Å². The Labute approximate surface area is 113 Å².